The van der Waals surface area contributed by atoms with Crippen molar-refractivity contribution in [2.24, 2.45) is 0 Å². The van der Waals surface area contributed by atoms with E-state index in [2.05, 4.69) is 22.9 Å². The first-order valence-electron chi connectivity index (χ1n) is 7.23. The van der Waals surface area contributed by atoms with E-state index in [4.69, 9.17) is 4.74 Å². The summed E-state index contributed by atoms with van der Waals surface area (Å²) in [6, 6.07) is 18.1. The lowest BCUT2D eigenvalue weighted by Crippen LogP contribution is -2.03. The van der Waals surface area contributed by atoms with Gasteiger partial charge in [0.15, 0.2) is 0 Å². The number of aromatic nitrogens is 1. The third kappa shape index (κ3) is 3.26. The van der Waals surface area contributed by atoms with Crippen LogP contribution in [-0.2, 0) is 13.2 Å². The van der Waals surface area contributed by atoms with Gasteiger partial charge in [-0.25, -0.2) is 0 Å². The van der Waals surface area contributed by atoms with E-state index >= 15 is 0 Å². The Balaban J connectivity index is 1.60. The summed E-state index contributed by atoms with van der Waals surface area (Å²) in [6.45, 7) is 1.69. The van der Waals surface area contributed by atoms with Crippen LogP contribution in [0.25, 0.3) is 10.9 Å². The van der Waals surface area contributed by atoms with Crippen LogP contribution in [0.15, 0.2) is 60.8 Å². The molecule has 0 spiro atoms. The predicted molar refractivity (Wildman–Crippen MR) is 84.4 cm³/mol. The molecule has 0 saturated heterocycles. The molecule has 2 aromatic carbocycles. The number of fused-ring (bicyclic) bond motifs is 1. The van der Waals surface area contributed by atoms with Crippen LogP contribution in [0, 0.1) is 0 Å². The first-order valence-corrected chi connectivity index (χ1v) is 7.23. The van der Waals surface area contributed by atoms with Crippen LogP contribution in [-0.4, -0.2) is 16.3 Å². The van der Waals surface area contributed by atoms with Crippen LogP contribution in [0.2, 0.25) is 0 Å². The maximum atomic E-state index is 9.24. The highest BCUT2D eigenvalue weighted by Crippen LogP contribution is 2.18. The van der Waals surface area contributed by atoms with Crippen molar-refractivity contribution in [3.8, 4) is 5.75 Å². The fourth-order valence-corrected chi connectivity index (χ4v) is 2.46. The molecule has 0 radical (unpaired) electrons. The molecule has 0 bridgehead atoms. The lowest BCUT2D eigenvalue weighted by molar-refractivity contribution is 0.282. The second-order valence-corrected chi connectivity index (χ2v) is 5.08. The van der Waals surface area contributed by atoms with E-state index in [0.717, 1.165) is 24.3 Å². The molecule has 0 atom stereocenters. The summed E-state index contributed by atoms with van der Waals surface area (Å²) < 4.78 is 7.92. The van der Waals surface area contributed by atoms with E-state index in [1.807, 2.05) is 42.5 Å². The molecule has 1 heterocycles. The Morgan fingerprint density at radius 3 is 2.67 bits per heavy atom. The van der Waals surface area contributed by atoms with Gasteiger partial charge in [-0.15, -0.1) is 0 Å². The predicted octanol–water partition coefficient (Wildman–Crippen LogP) is 3.60. The average Bonchev–Trinajstić information content (AvgIpc) is 2.95. The third-order valence-corrected chi connectivity index (χ3v) is 3.58. The molecule has 0 saturated carbocycles. The number of aliphatic hydroxyl groups is 1. The summed E-state index contributed by atoms with van der Waals surface area (Å²) in [7, 11) is 0. The number of ether oxygens (including phenoxy) is 1. The van der Waals surface area contributed by atoms with E-state index in [1.165, 1.54) is 10.9 Å². The molecule has 1 N–H and O–H groups in total. The fourth-order valence-electron chi connectivity index (χ4n) is 2.46. The number of hydrogen-bond donors (Lipinski definition) is 1. The Hall–Kier alpha value is -2.26. The molecule has 3 rings (SSSR count). The van der Waals surface area contributed by atoms with Crippen LogP contribution in [0.3, 0.4) is 0 Å². The van der Waals surface area contributed by atoms with E-state index in [-0.39, 0.29) is 6.61 Å². The molecule has 0 aliphatic heterocycles. The highest BCUT2D eigenvalue weighted by Gasteiger charge is 2.02. The number of aryl methyl sites for hydroxylation is 1. The average molecular weight is 281 g/mol. The molecular weight excluding hydrogens is 262 g/mol. The van der Waals surface area contributed by atoms with Gasteiger partial charge in [-0.05, 0) is 41.6 Å². The molecule has 3 heteroatoms. The highest BCUT2D eigenvalue weighted by molar-refractivity contribution is 5.80. The minimum absolute atomic E-state index is 0.0816. The van der Waals surface area contributed by atoms with Gasteiger partial charge < -0.3 is 14.4 Å². The Morgan fingerprint density at radius 2 is 1.86 bits per heavy atom. The molecule has 0 aliphatic carbocycles. The summed E-state index contributed by atoms with van der Waals surface area (Å²) in [5.74, 6) is 0.914. The number of rotatable bonds is 6. The molecule has 21 heavy (non-hydrogen) atoms. The molecule has 0 aliphatic rings. The van der Waals surface area contributed by atoms with Crippen molar-refractivity contribution in [2.45, 2.75) is 19.6 Å². The van der Waals surface area contributed by atoms with Crippen molar-refractivity contribution < 1.29 is 9.84 Å². The van der Waals surface area contributed by atoms with Crippen LogP contribution >= 0.6 is 0 Å². The Bertz CT molecular complexity index is 704. The largest absolute Gasteiger partial charge is 0.494 e. The van der Waals surface area contributed by atoms with Crippen molar-refractivity contribution in [1.82, 2.24) is 4.57 Å². The van der Waals surface area contributed by atoms with Crippen molar-refractivity contribution in [2.75, 3.05) is 6.61 Å². The van der Waals surface area contributed by atoms with Gasteiger partial charge in [-0.2, -0.15) is 0 Å². The Labute approximate surface area is 124 Å². The first-order chi connectivity index (χ1) is 10.4. The van der Waals surface area contributed by atoms with Gasteiger partial charge >= 0.3 is 0 Å². The molecule has 108 valence electrons. The number of hydrogen-bond acceptors (Lipinski definition) is 2. The van der Waals surface area contributed by atoms with Crippen molar-refractivity contribution >= 4 is 10.9 Å². The molecule has 0 fully saturated rings. The second kappa shape index (κ2) is 6.46. The number of benzene rings is 2. The van der Waals surface area contributed by atoms with Crippen LogP contribution < -0.4 is 4.74 Å². The van der Waals surface area contributed by atoms with E-state index in [1.54, 1.807) is 0 Å². The van der Waals surface area contributed by atoms with Crippen LogP contribution in [0.1, 0.15) is 12.0 Å². The Morgan fingerprint density at radius 1 is 1.00 bits per heavy atom. The molecule has 0 unspecified atom stereocenters. The summed E-state index contributed by atoms with van der Waals surface area (Å²) in [6.07, 6.45) is 3.04. The van der Waals surface area contributed by atoms with E-state index in [0.29, 0.717) is 6.61 Å². The van der Waals surface area contributed by atoms with E-state index < -0.39 is 0 Å². The number of nitrogens with zero attached hydrogens (tertiary/aromatic N) is 1. The van der Waals surface area contributed by atoms with Gasteiger partial charge in [0.25, 0.3) is 0 Å². The molecule has 3 aromatic rings. The highest BCUT2D eigenvalue weighted by atomic mass is 16.5. The number of para-hydroxylation sites is 1. The summed E-state index contributed by atoms with van der Waals surface area (Å²) >= 11 is 0. The lowest BCUT2D eigenvalue weighted by atomic mass is 10.2. The Kier molecular flexibility index (Phi) is 4.22. The monoisotopic (exact) mass is 281 g/mol. The zero-order valence-electron chi connectivity index (χ0n) is 11.9. The van der Waals surface area contributed by atoms with E-state index in [9.17, 15) is 5.11 Å². The van der Waals surface area contributed by atoms with Crippen molar-refractivity contribution in [3.05, 3.63) is 66.4 Å². The minimum Gasteiger partial charge on any atom is -0.494 e. The SMILES string of the molecule is OCc1ccc2ccn(CCCOc3ccccc3)c2c1. The van der Waals surface area contributed by atoms with Gasteiger partial charge in [0.05, 0.1) is 13.2 Å². The zero-order valence-corrected chi connectivity index (χ0v) is 11.9. The normalized spacial score (nSPS) is 10.9. The summed E-state index contributed by atoms with van der Waals surface area (Å²) in [5, 5.41) is 10.4. The summed E-state index contributed by atoms with van der Waals surface area (Å²) in [4.78, 5) is 0. The topological polar surface area (TPSA) is 34.4 Å². The third-order valence-electron chi connectivity index (χ3n) is 3.58. The molecule has 3 nitrogen and oxygen atoms in total. The van der Waals surface area contributed by atoms with Gasteiger partial charge in [0, 0.05) is 18.3 Å². The smallest absolute Gasteiger partial charge is 0.119 e. The van der Waals surface area contributed by atoms with Crippen molar-refractivity contribution in [3.63, 3.8) is 0 Å². The van der Waals surface area contributed by atoms with Crippen LogP contribution in [0.4, 0.5) is 0 Å². The van der Waals surface area contributed by atoms with Gasteiger partial charge in [0.2, 0.25) is 0 Å². The molecule has 1 aromatic heterocycles. The second-order valence-electron chi connectivity index (χ2n) is 5.08. The maximum Gasteiger partial charge on any atom is 0.119 e. The zero-order chi connectivity index (χ0) is 14.5. The number of aliphatic hydroxyl groups excluding tert-OH is 1. The fraction of sp³-hybridized carbons (Fsp3) is 0.222. The van der Waals surface area contributed by atoms with Gasteiger partial charge in [0.1, 0.15) is 5.75 Å². The minimum atomic E-state index is 0.0816. The summed E-state index contributed by atoms with van der Waals surface area (Å²) in [5.41, 5.74) is 2.12. The van der Waals surface area contributed by atoms with Gasteiger partial charge in [-0.3, -0.25) is 0 Å². The quantitative estimate of drug-likeness (QED) is 0.700. The maximum absolute atomic E-state index is 9.24. The lowest BCUT2D eigenvalue weighted by Gasteiger charge is -2.08. The standard InChI is InChI=1S/C18H19NO2/c20-14-15-7-8-16-9-11-19(18(16)13-15)10-4-12-21-17-5-2-1-3-6-17/h1-3,5-9,11,13,20H,4,10,12,14H2. The first kappa shape index (κ1) is 13.7. The van der Waals surface area contributed by atoms with Gasteiger partial charge in [-0.1, -0.05) is 30.3 Å². The molecular formula is C18H19NO2. The molecule has 0 amide bonds. The van der Waals surface area contributed by atoms with Crippen molar-refractivity contribution in [1.29, 1.82) is 0 Å². The van der Waals surface area contributed by atoms with Crippen LogP contribution in [0.5, 0.6) is 5.75 Å².